The van der Waals surface area contributed by atoms with E-state index in [4.69, 9.17) is 5.11 Å². The molecule has 0 aromatic carbocycles. The first-order valence-corrected chi connectivity index (χ1v) is 7.29. The number of hydrogen-bond acceptors (Lipinski definition) is 2. The summed E-state index contributed by atoms with van der Waals surface area (Å²) in [5.41, 5.74) is 0.309. The van der Waals surface area contributed by atoms with Crippen LogP contribution in [0.25, 0.3) is 0 Å². The van der Waals surface area contributed by atoms with Crippen molar-refractivity contribution in [2.24, 2.45) is 17.3 Å². The lowest BCUT2D eigenvalue weighted by Gasteiger charge is -2.36. The summed E-state index contributed by atoms with van der Waals surface area (Å²) in [7, 11) is 0. The van der Waals surface area contributed by atoms with Gasteiger partial charge >= 0.3 is 0 Å². The molecule has 17 heavy (non-hydrogen) atoms. The van der Waals surface area contributed by atoms with Crippen LogP contribution in [0.5, 0.6) is 0 Å². The van der Waals surface area contributed by atoms with Crippen molar-refractivity contribution in [2.75, 3.05) is 13.2 Å². The Bertz CT molecular complexity index is 215. The summed E-state index contributed by atoms with van der Waals surface area (Å²) in [6, 6.07) is 0.701. The third-order valence-corrected chi connectivity index (χ3v) is 4.31. The van der Waals surface area contributed by atoms with E-state index in [0.29, 0.717) is 18.1 Å². The van der Waals surface area contributed by atoms with Crippen molar-refractivity contribution >= 4 is 0 Å². The second kappa shape index (κ2) is 6.75. The fourth-order valence-electron chi connectivity index (χ4n) is 2.87. The molecule has 0 bridgehead atoms. The summed E-state index contributed by atoms with van der Waals surface area (Å²) in [6.45, 7) is 10.7. The summed E-state index contributed by atoms with van der Waals surface area (Å²) in [6.07, 6.45) is 6.12. The van der Waals surface area contributed by atoms with Crippen molar-refractivity contribution in [3.8, 4) is 0 Å². The van der Waals surface area contributed by atoms with Crippen molar-refractivity contribution in [1.29, 1.82) is 0 Å². The number of hydrogen-bond donors (Lipinski definition) is 2. The maximum atomic E-state index is 8.90. The van der Waals surface area contributed by atoms with Crippen LogP contribution in [0, 0.1) is 17.3 Å². The second-order valence-electron chi connectivity index (χ2n) is 6.87. The monoisotopic (exact) mass is 241 g/mol. The van der Waals surface area contributed by atoms with Gasteiger partial charge in [-0.2, -0.15) is 0 Å². The van der Waals surface area contributed by atoms with Gasteiger partial charge in [0.2, 0.25) is 0 Å². The predicted octanol–water partition coefficient (Wildman–Crippen LogP) is 3.20. The highest BCUT2D eigenvalue weighted by Gasteiger charge is 2.27. The molecule has 2 heteroatoms. The molecule has 1 aliphatic carbocycles. The molecule has 0 aliphatic heterocycles. The van der Waals surface area contributed by atoms with Crippen LogP contribution >= 0.6 is 0 Å². The van der Waals surface area contributed by atoms with Gasteiger partial charge in [0, 0.05) is 19.2 Å². The molecule has 1 rings (SSSR count). The van der Waals surface area contributed by atoms with E-state index in [1.165, 1.54) is 19.3 Å². The molecule has 0 spiro atoms. The van der Waals surface area contributed by atoms with Gasteiger partial charge in [-0.05, 0) is 42.9 Å². The van der Waals surface area contributed by atoms with Gasteiger partial charge in [-0.15, -0.1) is 0 Å². The summed E-state index contributed by atoms with van der Waals surface area (Å²) in [5.74, 6) is 1.70. The maximum absolute atomic E-state index is 8.90. The summed E-state index contributed by atoms with van der Waals surface area (Å²) in [5, 5.41) is 12.7. The van der Waals surface area contributed by atoms with E-state index in [9.17, 15) is 0 Å². The highest BCUT2D eigenvalue weighted by atomic mass is 16.2. The minimum Gasteiger partial charge on any atom is -0.396 e. The fraction of sp³-hybridized carbons (Fsp3) is 1.00. The Morgan fingerprint density at radius 1 is 1.24 bits per heavy atom. The van der Waals surface area contributed by atoms with E-state index in [0.717, 1.165) is 31.2 Å². The number of aliphatic hydroxyl groups is 1. The van der Waals surface area contributed by atoms with E-state index >= 15 is 0 Å². The van der Waals surface area contributed by atoms with Gasteiger partial charge in [0.05, 0.1) is 0 Å². The zero-order valence-corrected chi connectivity index (χ0v) is 12.1. The van der Waals surface area contributed by atoms with Crippen LogP contribution in [0.2, 0.25) is 0 Å². The van der Waals surface area contributed by atoms with Gasteiger partial charge in [-0.1, -0.05) is 34.1 Å². The molecule has 0 radical (unpaired) electrons. The Balaban J connectivity index is 2.32. The molecule has 0 aromatic rings. The standard InChI is InChI=1S/C15H31NO/c1-12-6-7-13(2)14(10-12)16-11-15(3,4)8-5-9-17/h12-14,16-17H,5-11H2,1-4H3. The Hall–Kier alpha value is -0.0800. The van der Waals surface area contributed by atoms with Gasteiger partial charge in [-0.3, -0.25) is 0 Å². The predicted molar refractivity (Wildman–Crippen MR) is 74.1 cm³/mol. The Labute approximate surface area is 107 Å². The van der Waals surface area contributed by atoms with Gasteiger partial charge in [0.1, 0.15) is 0 Å². The first kappa shape index (κ1) is 15.0. The van der Waals surface area contributed by atoms with Crippen molar-refractivity contribution in [2.45, 2.75) is 65.8 Å². The molecule has 1 fully saturated rings. The third kappa shape index (κ3) is 5.39. The van der Waals surface area contributed by atoms with Crippen molar-refractivity contribution < 1.29 is 5.11 Å². The molecule has 2 nitrogen and oxygen atoms in total. The average molecular weight is 241 g/mol. The summed E-state index contributed by atoms with van der Waals surface area (Å²) >= 11 is 0. The van der Waals surface area contributed by atoms with Gasteiger partial charge in [0.15, 0.2) is 0 Å². The molecular weight excluding hydrogens is 210 g/mol. The van der Waals surface area contributed by atoms with E-state index in [1.54, 1.807) is 0 Å². The highest BCUT2D eigenvalue weighted by Crippen LogP contribution is 2.29. The minimum atomic E-state index is 0.309. The van der Waals surface area contributed by atoms with Gasteiger partial charge in [-0.25, -0.2) is 0 Å². The van der Waals surface area contributed by atoms with Crippen LogP contribution < -0.4 is 5.32 Å². The van der Waals surface area contributed by atoms with Gasteiger partial charge < -0.3 is 10.4 Å². The third-order valence-electron chi connectivity index (χ3n) is 4.31. The molecule has 0 amide bonds. The second-order valence-corrected chi connectivity index (χ2v) is 6.87. The van der Waals surface area contributed by atoms with Crippen molar-refractivity contribution in [3.63, 3.8) is 0 Å². The molecule has 3 atom stereocenters. The highest BCUT2D eigenvalue weighted by molar-refractivity contribution is 4.83. The van der Waals surface area contributed by atoms with Crippen LogP contribution in [0.15, 0.2) is 0 Å². The molecule has 0 heterocycles. The van der Waals surface area contributed by atoms with E-state index in [1.807, 2.05) is 0 Å². The molecule has 0 saturated heterocycles. The molecule has 102 valence electrons. The molecule has 0 aromatic heterocycles. The van der Waals surface area contributed by atoms with E-state index < -0.39 is 0 Å². The first-order valence-electron chi connectivity index (χ1n) is 7.29. The Morgan fingerprint density at radius 3 is 2.59 bits per heavy atom. The van der Waals surface area contributed by atoms with Crippen LogP contribution in [0.1, 0.15) is 59.8 Å². The van der Waals surface area contributed by atoms with Crippen molar-refractivity contribution in [3.05, 3.63) is 0 Å². The lowest BCUT2D eigenvalue weighted by molar-refractivity contribution is 0.190. The normalized spacial score (nSPS) is 30.5. The zero-order chi connectivity index (χ0) is 12.9. The number of aliphatic hydroxyl groups excluding tert-OH is 1. The smallest absolute Gasteiger partial charge is 0.0431 e. The lowest BCUT2D eigenvalue weighted by atomic mass is 9.79. The maximum Gasteiger partial charge on any atom is 0.0431 e. The zero-order valence-electron chi connectivity index (χ0n) is 12.1. The lowest BCUT2D eigenvalue weighted by Crippen LogP contribution is -2.43. The minimum absolute atomic E-state index is 0.309. The Kier molecular flexibility index (Phi) is 5.94. The molecule has 1 aliphatic rings. The van der Waals surface area contributed by atoms with Crippen LogP contribution in [0.4, 0.5) is 0 Å². The average Bonchev–Trinajstić information content (AvgIpc) is 2.28. The van der Waals surface area contributed by atoms with Crippen LogP contribution in [-0.4, -0.2) is 24.3 Å². The van der Waals surface area contributed by atoms with Crippen LogP contribution in [0.3, 0.4) is 0 Å². The van der Waals surface area contributed by atoms with E-state index in [2.05, 4.69) is 33.0 Å². The first-order chi connectivity index (χ1) is 7.94. The molecule has 3 unspecified atom stereocenters. The van der Waals surface area contributed by atoms with E-state index in [-0.39, 0.29) is 0 Å². The number of nitrogens with one attached hydrogen (secondary N) is 1. The fourth-order valence-corrected chi connectivity index (χ4v) is 2.87. The molecular formula is C15H31NO. The topological polar surface area (TPSA) is 32.3 Å². The van der Waals surface area contributed by atoms with Crippen LogP contribution in [-0.2, 0) is 0 Å². The summed E-state index contributed by atoms with van der Waals surface area (Å²) in [4.78, 5) is 0. The Morgan fingerprint density at radius 2 is 1.94 bits per heavy atom. The largest absolute Gasteiger partial charge is 0.396 e. The van der Waals surface area contributed by atoms with Crippen molar-refractivity contribution in [1.82, 2.24) is 5.32 Å². The quantitative estimate of drug-likeness (QED) is 0.748. The SMILES string of the molecule is CC1CCC(C)C(NCC(C)(C)CCCO)C1. The number of rotatable bonds is 6. The van der Waals surface area contributed by atoms with Gasteiger partial charge in [0.25, 0.3) is 0 Å². The molecule has 2 N–H and O–H groups in total. The molecule has 1 saturated carbocycles. The summed E-state index contributed by atoms with van der Waals surface area (Å²) < 4.78 is 0.